The molecule has 0 spiro atoms. The number of hydrogen-bond acceptors (Lipinski definition) is 7. The molecule has 9 heteroatoms. The quantitative estimate of drug-likeness (QED) is 0.532. The Kier molecular flexibility index (Phi) is 18.5. The zero-order valence-electron chi connectivity index (χ0n) is 19.9. The van der Waals surface area contributed by atoms with Crippen molar-refractivity contribution in [3.05, 3.63) is 0 Å². The summed E-state index contributed by atoms with van der Waals surface area (Å²) >= 11 is 0. The molecule has 1 heterocycles. The molecule has 1 aliphatic heterocycles. The summed E-state index contributed by atoms with van der Waals surface area (Å²) in [5.41, 5.74) is -0.0804. The van der Waals surface area contributed by atoms with Crippen molar-refractivity contribution in [2.75, 3.05) is 85.8 Å². The Balaban J connectivity index is 0. The lowest BCUT2D eigenvalue weighted by Gasteiger charge is -2.40. The van der Waals surface area contributed by atoms with Crippen LogP contribution in [0.3, 0.4) is 0 Å². The van der Waals surface area contributed by atoms with Crippen LogP contribution in [0.4, 0.5) is 0 Å². The second kappa shape index (κ2) is 17.4. The maximum Gasteiger partial charge on any atom is 0.277 e. The molecule has 1 saturated heterocycles. The predicted molar refractivity (Wildman–Crippen MR) is 132 cm³/mol. The molecule has 1 atom stereocenters. The normalized spacial score (nSPS) is 21.8. The molecule has 1 unspecified atom stereocenters. The number of rotatable bonds is 3. The van der Waals surface area contributed by atoms with Gasteiger partial charge in [0.05, 0.1) is 77.8 Å². The van der Waals surface area contributed by atoms with Gasteiger partial charge in [0.15, 0.2) is 0 Å². The predicted octanol–water partition coefficient (Wildman–Crippen LogP) is 4.71. The highest BCUT2D eigenvalue weighted by Gasteiger charge is 2.44. The third kappa shape index (κ3) is 14.3. The Bertz CT molecular complexity index is 474. The third-order valence-corrected chi connectivity index (χ3v) is 7.69. The first kappa shape index (κ1) is 34.1. The van der Waals surface area contributed by atoms with Gasteiger partial charge in [-0.2, -0.15) is 0 Å². The van der Waals surface area contributed by atoms with E-state index in [1.54, 1.807) is 0 Å². The largest absolute Gasteiger partial charge is 0.378 e. The van der Waals surface area contributed by atoms with Gasteiger partial charge < -0.3 is 28.2 Å². The van der Waals surface area contributed by atoms with Crippen LogP contribution in [-0.2, 0) is 32.8 Å². The third-order valence-electron chi connectivity index (χ3n) is 4.37. The van der Waals surface area contributed by atoms with E-state index in [1.165, 1.54) is 0 Å². The molecule has 1 fully saturated rings. The van der Waals surface area contributed by atoms with E-state index in [9.17, 15) is 4.57 Å². The molecule has 0 N–H and O–H groups in total. The van der Waals surface area contributed by atoms with Gasteiger partial charge in [-0.05, 0) is 26.2 Å². The SMILES string of the molecule is C.C.CC(C)(C)COP(=O)(N1CCOCCOCCOCCOCCOCC1)C(C)(C)C. The topological polar surface area (TPSA) is 75.7 Å². The first-order chi connectivity index (χ1) is 14.1. The lowest BCUT2D eigenvalue weighted by Crippen LogP contribution is -2.37. The molecule has 196 valence electrons. The summed E-state index contributed by atoms with van der Waals surface area (Å²) in [5, 5.41) is -0.526. The molecule has 0 bridgehead atoms. The maximum atomic E-state index is 14.1. The van der Waals surface area contributed by atoms with E-state index in [1.807, 2.05) is 25.4 Å². The highest BCUT2D eigenvalue weighted by atomic mass is 31.2. The number of nitrogens with zero attached hydrogens (tertiary/aromatic N) is 1. The molecule has 1 aliphatic rings. The average molecular weight is 486 g/mol. The minimum atomic E-state index is -3.13. The zero-order chi connectivity index (χ0) is 22.5. The molecular formula is C23H52NO7P. The summed E-state index contributed by atoms with van der Waals surface area (Å²) < 4.78 is 50.0. The van der Waals surface area contributed by atoms with Crippen molar-refractivity contribution in [3.8, 4) is 0 Å². The highest BCUT2D eigenvalue weighted by Crippen LogP contribution is 2.61. The Morgan fingerprint density at radius 3 is 1.25 bits per heavy atom. The molecule has 0 radical (unpaired) electrons. The van der Waals surface area contributed by atoms with Gasteiger partial charge in [-0.15, -0.1) is 0 Å². The molecule has 32 heavy (non-hydrogen) atoms. The molecule has 8 nitrogen and oxygen atoms in total. The standard InChI is InChI=1S/C21H44NO7P.2CH4/c1-20(2,3)19-29-30(23,21(4,5)6)22-7-9-24-11-13-26-15-17-28-18-16-27-14-12-25-10-8-22;;/h7-19H2,1-6H3;2*1H4. The maximum absolute atomic E-state index is 14.1. The van der Waals surface area contributed by atoms with Crippen molar-refractivity contribution >= 4 is 7.52 Å². The van der Waals surface area contributed by atoms with Gasteiger partial charge in [0.1, 0.15) is 0 Å². The van der Waals surface area contributed by atoms with Gasteiger partial charge >= 0.3 is 0 Å². The molecule has 0 aromatic rings. The van der Waals surface area contributed by atoms with Gasteiger partial charge in [-0.1, -0.05) is 35.6 Å². The Hall–Kier alpha value is -0.0500. The molecule has 0 aliphatic carbocycles. The fraction of sp³-hybridized carbons (Fsp3) is 1.00. The van der Waals surface area contributed by atoms with Crippen LogP contribution in [0.1, 0.15) is 56.4 Å². The van der Waals surface area contributed by atoms with Crippen LogP contribution in [0.2, 0.25) is 0 Å². The van der Waals surface area contributed by atoms with Crippen molar-refractivity contribution in [2.24, 2.45) is 5.41 Å². The van der Waals surface area contributed by atoms with Gasteiger partial charge in [0, 0.05) is 13.1 Å². The van der Waals surface area contributed by atoms with E-state index >= 15 is 0 Å². The first-order valence-corrected chi connectivity index (χ1v) is 12.5. The molecule has 0 saturated carbocycles. The zero-order valence-corrected chi connectivity index (χ0v) is 20.8. The van der Waals surface area contributed by atoms with Gasteiger partial charge in [-0.3, -0.25) is 4.57 Å². The highest BCUT2D eigenvalue weighted by molar-refractivity contribution is 7.58. The summed E-state index contributed by atoms with van der Waals surface area (Å²) in [7, 11) is -3.13. The summed E-state index contributed by atoms with van der Waals surface area (Å²) in [5.74, 6) is 0. The minimum Gasteiger partial charge on any atom is -0.378 e. The van der Waals surface area contributed by atoms with Crippen LogP contribution >= 0.6 is 7.52 Å². The van der Waals surface area contributed by atoms with E-state index in [0.717, 1.165) is 0 Å². The van der Waals surface area contributed by atoms with Crippen molar-refractivity contribution in [1.82, 2.24) is 4.67 Å². The van der Waals surface area contributed by atoms with Crippen molar-refractivity contribution < 1.29 is 32.8 Å². The van der Waals surface area contributed by atoms with Crippen molar-refractivity contribution in [3.63, 3.8) is 0 Å². The van der Waals surface area contributed by atoms with Crippen molar-refractivity contribution in [2.45, 2.75) is 61.6 Å². The molecule has 1 rings (SSSR count). The van der Waals surface area contributed by atoms with Crippen LogP contribution < -0.4 is 0 Å². The summed E-state index contributed by atoms with van der Waals surface area (Å²) in [6.07, 6.45) is 0. The van der Waals surface area contributed by atoms with E-state index in [-0.39, 0.29) is 20.3 Å². The van der Waals surface area contributed by atoms with Gasteiger partial charge in [-0.25, -0.2) is 4.67 Å². The average Bonchev–Trinajstić information content (AvgIpc) is 2.64. The first-order valence-electron chi connectivity index (χ1n) is 11.0. The second-order valence-corrected chi connectivity index (χ2v) is 12.7. The molecular weight excluding hydrogens is 433 g/mol. The summed E-state index contributed by atoms with van der Waals surface area (Å²) in [6, 6.07) is 0. The van der Waals surface area contributed by atoms with E-state index in [2.05, 4.69) is 20.8 Å². The number of hydrogen-bond donors (Lipinski definition) is 0. The van der Waals surface area contributed by atoms with Gasteiger partial charge in [0.25, 0.3) is 7.52 Å². The van der Waals surface area contributed by atoms with Crippen molar-refractivity contribution in [1.29, 1.82) is 0 Å². The molecule has 0 aromatic carbocycles. The molecule has 0 aromatic heterocycles. The smallest absolute Gasteiger partial charge is 0.277 e. The van der Waals surface area contributed by atoms with Crippen LogP contribution in [0.5, 0.6) is 0 Å². The van der Waals surface area contributed by atoms with Crippen LogP contribution in [-0.4, -0.2) is 95.6 Å². The number of ether oxygens (including phenoxy) is 5. The van der Waals surface area contributed by atoms with E-state index in [4.69, 9.17) is 28.2 Å². The summed E-state index contributed by atoms with van der Waals surface area (Å²) in [6.45, 7) is 18.5. The Morgan fingerprint density at radius 1 is 0.656 bits per heavy atom. The lowest BCUT2D eigenvalue weighted by atomic mass is 9.99. The van der Waals surface area contributed by atoms with E-state index in [0.29, 0.717) is 85.8 Å². The Morgan fingerprint density at radius 2 is 0.969 bits per heavy atom. The Labute approximate surface area is 198 Å². The second-order valence-electron chi connectivity index (χ2n) is 9.54. The van der Waals surface area contributed by atoms with E-state index < -0.39 is 12.7 Å². The monoisotopic (exact) mass is 485 g/mol. The van der Waals surface area contributed by atoms with Crippen LogP contribution in [0, 0.1) is 5.41 Å². The minimum absolute atomic E-state index is 0. The lowest BCUT2D eigenvalue weighted by molar-refractivity contribution is -0.0159. The van der Waals surface area contributed by atoms with Gasteiger partial charge in [0.2, 0.25) is 0 Å². The fourth-order valence-corrected chi connectivity index (χ4v) is 5.33. The summed E-state index contributed by atoms with van der Waals surface area (Å²) in [4.78, 5) is 0. The van der Waals surface area contributed by atoms with Crippen LogP contribution in [0.25, 0.3) is 0 Å². The fourth-order valence-electron chi connectivity index (χ4n) is 2.68. The molecule has 0 amide bonds. The van der Waals surface area contributed by atoms with Crippen LogP contribution in [0.15, 0.2) is 0 Å².